The maximum absolute atomic E-state index is 11.4. The van der Waals surface area contributed by atoms with Crippen molar-refractivity contribution >= 4 is 17.9 Å². The highest BCUT2D eigenvalue weighted by Gasteiger charge is 2.34. The number of carboxylic acids is 1. The van der Waals surface area contributed by atoms with Gasteiger partial charge in [-0.2, -0.15) is 0 Å². The second-order valence-corrected chi connectivity index (χ2v) is 4.56. The van der Waals surface area contributed by atoms with Crippen LogP contribution in [-0.4, -0.2) is 54.6 Å². The lowest BCUT2D eigenvalue weighted by atomic mass is 9.99. The van der Waals surface area contributed by atoms with Crippen molar-refractivity contribution in [2.24, 2.45) is 11.8 Å². The molecule has 0 aromatic carbocycles. The van der Waals surface area contributed by atoms with Gasteiger partial charge in [-0.15, -0.1) is 0 Å². The first-order valence-electron chi connectivity index (χ1n) is 5.90. The summed E-state index contributed by atoms with van der Waals surface area (Å²) in [6.45, 7) is 3.49. The molecule has 0 saturated carbocycles. The summed E-state index contributed by atoms with van der Waals surface area (Å²) in [5, 5.41) is 13.4. The second kappa shape index (κ2) is 6.34. The summed E-state index contributed by atoms with van der Waals surface area (Å²) >= 11 is 0. The summed E-state index contributed by atoms with van der Waals surface area (Å²) in [5.74, 6) is -1.43. The number of rotatable bonds is 4. The van der Waals surface area contributed by atoms with Crippen LogP contribution < -0.4 is 10.6 Å². The minimum atomic E-state index is -0.792. The third-order valence-corrected chi connectivity index (χ3v) is 3.14. The molecular weight excluding hydrogens is 238 g/mol. The minimum absolute atomic E-state index is 0.0875. The molecule has 102 valence electrons. The molecular formula is C11H19N3O4. The van der Waals surface area contributed by atoms with Crippen LogP contribution in [0.3, 0.4) is 0 Å². The fourth-order valence-corrected chi connectivity index (χ4v) is 2.08. The molecule has 0 spiro atoms. The van der Waals surface area contributed by atoms with Crippen LogP contribution in [0.1, 0.15) is 13.3 Å². The standard InChI is InChI=1S/C11H19N3O4/c1-7-5-14(6-8(7)10(16)17)4-3-9(15)13-11(18)12-2/h7-8H,3-6H2,1-2H3,(H,16,17)(H2,12,13,15,18)/t7-,8-/m1/s1. The number of nitrogens with one attached hydrogen (secondary N) is 2. The number of carboxylic acid groups (broad SMARTS) is 1. The third kappa shape index (κ3) is 3.99. The third-order valence-electron chi connectivity index (χ3n) is 3.14. The fraction of sp³-hybridized carbons (Fsp3) is 0.727. The molecule has 18 heavy (non-hydrogen) atoms. The van der Waals surface area contributed by atoms with E-state index in [4.69, 9.17) is 5.11 Å². The Balaban J connectivity index is 2.31. The zero-order chi connectivity index (χ0) is 13.7. The van der Waals surface area contributed by atoms with Crippen molar-refractivity contribution in [3.8, 4) is 0 Å². The Bertz CT molecular complexity index is 345. The number of amides is 3. The number of hydrogen-bond donors (Lipinski definition) is 3. The van der Waals surface area contributed by atoms with Gasteiger partial charge in [-0.25, -0.2) is 4.79 Å². The van der Waals surface area contributed by atoms with Crippen molar-refractivity contribution in [3.63, 3.8) is 0 Å². The normalized spacial score (nSPS) is 23.7. The summed E-state index contributed by atoms with van der Waals surface area (Å²) in [5.41, 5.74) is 0. The lowest BCUT2D eigenvalue weighted by Crippen LogP contribution is -2.39. The van der Waals surface area contributed by atoms with Crippen molar-refractivity contribution < 1.29 is 19.5 Å². The molecule has 0 unspecified atom stereocenters. The number of carbonyl (C=O) groups excluding carboxylic acids is 2. The van der Waals surface area contributed by atoms with Crippen LogP contribution in [0, 0.1) is 11.8 Å². The lowest BCUT2D eigenvalue weighted by Gasteiger charge is -2.14. The van der Waals surface area contributed by atoms with Crippen molar-refractivity contribution in [1.29, 1.82) is 0 Å². The van der Waals surface area contributed by atoms with E-state index in [1.54, 1.807) is 0 Å². The van der Waals surface area contributed by atoms with E-state index in [1.807, 2.05) is 11.8 Å². The summed E-state index contributed by atoms with van der Waals surface area (Å²) in [6.07, 6.45) is 0.187. The summed E-state index contributed by atoms with van der Waals surface area (Å²) in [6, 6.07) is -0.529. The molecule has 1 aliphatic heterocycles. The number of likely N-dealkylation sites (tertiary alicyclic amines) is 1. The maximum atomic E-state index is 11.4. The first-order chi connectivity index (χ1) is 8.43. The quantitative estimate of drug-likeness (QED) is 0.629. The Morgan fingerprint density at radius 2 is 2.00 bits per heavy atom. The van der Waals surface area contributed by atoms with Crippen molar-refractivity contribution in [2.75, 3.05) is 26.7 Å². The molecule has 7 nitrogen and oxygen atoms in total. The van der Waals surface area contributed by atoms with E-state index in [9.17, 15) is 14.4 Å². The van der Waals surface area contributed by atoms with E-state index in [0.29, 0.717) is 19.6 Å². The van der Waals surface area contributed by atoms with Crippen LogP contribution in [0.15, 0.2) is 0 Å². The van der Waals surface area contributed by atoms with Gasteiger partial charge in [-0.1, -0.05) is 6.92 Å². The van der Waals surface area contributed by atoms with E-state index in [1.165, 1.54) is 7.05 Å². The lowest BCUT2D eigenvalue weighted by molar-refractivity contribution is -0.142. The molecule has 1 rings (SSSR count). The van der Waals surface area contributed by atoms with Crippen LogP contribution in [0.2, 0.25) is 0 Å². The maximum Gasteiger partial charge on any atom is 0.321 e. The Hall–Kier alpha value is -1.63. The molecule has 0 radical (unpaired) electrons. The van der Waals surface area contributed by atoms with Gasteiger partial charge in [-0.05, 0) is 5.92 Å². The Morgan fingerprint density at radius 1 is 1.33 bits per heavy atom. The molecule has 1 heterocycles. The molecule has 7 heteroatoms. The molecule has 1 fully saturated rings. The minimum Gasteiger partial charge on any atom is -0.481 e. The van der Waals surface area contributed by atoms with E-state index in [2.05, 4.69) is 10.6 Å². The Labute approximate surface area is 106 Å². The zero-order valence-corrected chi connectivity index (χ0v) is 10.6. The van der Waals surface area contributed by atoms with E-state index >= 15 is 0 Å². The number of nitrogens with zero attached hydrogens (tertiary/aromatic N) is 1. The van der Waals surface area contributed by atoms with E-state index in [0.717, 1.165) is 0 Å². The highest BCUT2D eigenvalue weighted by molar-refractivity contribution is 5.94. The molecule has 0 aromatic heterocycles. The van der Waals surface area contributed by atoms with E-state index < -0.39 is 12.0 Å². The van der Waals surface area contributed by atoms with Crippen LogP contribution in [0.25, 0.3) is 0 Å². The number of urea groups is 1. The summed E-state index contributed by atoms with van der Waals surface area (Å²) in [4.78, 5) is 35.1. The van der Waals surface area contributed by atoms with Gasteiger partial charge in [0.15, 0.2) is 0 Å². The average Bonchev–Trinajstić information content (AvgIpc) is 2.68. The van der Waals surface area contributed by atoms with Crippen LogP contribution in [0.4, 0.5) is 4.79 Å². The number of imide groups is 1. The van der Waals surface area contributed by atoms with Crippen LogP contribution in [0.5, 0.6) is 0 Å². The largest absolute Gasteiger partial charge is 0.481 e. The van der Waals surface area contributed by atoms with Crippen LogP contribution >= 0.6 is 0 Å². The predicted molar refractivity (Wildman–Crippen MR) is 63.9 cm³/mol. The molecule has 1 saturated heterocycles. The number of carbonyl (C=O) groups is 3. The van der Waals surface area contributed by atoms with Crippen molar-refractivity contribution in [1.82, 2.24) is 15.5 Å². The SMILES string of the molecule is CNC(=O)NC(=O)CCN1C[C@@H](C)[C@H](C(=O)O)C1. The summed E-state index contributed by atoms with van der Waals surface area (Å²) < 4.78 is 0. The highest BCUT2D eigenvalue weighted by Crippen LogP contribution is 2.22. The summed E-state index contributed by atoms with van der Waals surface area (Å²) in [7, 11) is 1.43. The van der Waals surface area contributed by atoms with Crippen molar-refractivity contribution in [3.05, 3.63) is 0 Å². The van der Waals surface area contributed by atoms with Gasteiger partial charge in [0, 0.05) is 33.1 Å². The zero-order valence-electron chi connectivity index (χ0n) is 10.6. The van der Waals surface area contributed by atoms with E-state index in [-0.39, 0.29) is 24.2 Å². The molecule has 3 amide bonds. The topological polar surface area (TPSA) is 98.7 Å². The van der Waals surface area contributed by atoms with Gasteiger partial charge in [-0.3, -0.25) is 14.9 Å². The van der Waals surface area contributed by atoms with Gasteiger partial charge in [0.05, 0.1) is 5.92 Å². The molecule has 3 N–H and O–H groups in total. The van der Waals surface area contributed by atoms with Crippen LogP contribution in [-0.2, 0) is 9.59 Å². The molecule has 0 bridgehead atoms. The van der Waals surface area contributed by atoms with Gasteiger partial charge in [0.1, 0.15) is 0 Å². The van der Waals surface area contributed by atoms with Gasteiger partial charge in [0.25, 0.3) is 0 Å². The van der Waals surface area contributed by atoms with Gasteiger partial charge in [0.2, 0.25) is 5.91 Å². The Morgan fingerprint density at radius 3 is 2.50 bits per heavy atom. The van der Waals surface area contributed by atoms with Gasteiger partial charge >= 0.3 is 12.0 Å². The predicted octanol–water partition coefficient (Wildman–Crippen LogP) is -0.515. The number of hydrogen-bond acceptors (Lipinski definition) is 4. The molecule has 1 aliphatic rings. The highest BCUT2D eigenvalue weighted by atomic mass is 16.4. The average molecular weight is 257 g/mol. The number of aliphatic carboxylic acids is 1. The van der Waals surface area contributed by atoms with Gasteiger partial charge < -0.3 is 15.3 Å². The second-order valence-electron chi connectivity index (χ2n) is 4.56. The fourth-order valence-electron chi connectivity index (χ4n) is 2.08. The monoisotopic (exact) mass is 257 g/mol. The molecule has 0 aromatic rings. The first kappa shape index (κ1) is 14.4. The smallest absolute Gasteiger partial charge is 0.321 e. The Kier molecular flexibility index (Phi) is 5.08. The molecule has 0 aliphatic carbocycles. The molecule has 2 atom stereocenters. The first-order valence-corrected chi connectivity index (χ1v) is 5.90. The van der Waals surface area contributed by atoms with Crippen molar-refractivity contribution in [2.45, 2.75) is 13.3 Å².